The fraction of sp³-hybridized carbons (Fsp3) is 0.409. The van der Waals surface area contributed by atoms with E-state index in [9.17, 15) is 14.9 Å². The van der Waals surface area contributed by atoms with Gasteiger partial charge in [-0.2, -0.15) is 5.26 Å². The number of nitriles is 1. The maximum atomic E-state index is 12.5. The van der Waals surface area contributed by atoms with Gasteiger partial charge in [-0.3, -0.25) is 9.59 Å². The number of nitrogens with one attached hydrogen (secondary N) is 2. The molecule has 29 heavy (non-hydrogen) atoms. The lowest BCUT2D eigenvalue weighted by Gasteiger charge is -2.10. The summed E-state index contributed by atoms with van der Waals surface area (Å²) in [6, 6.07) is 9.97. The van der Waals surface area contributed by atoms with Crippen molar-refractivity contribution in [2.45, 2.75) is 44.4 Å². The first-order chi connectivity index (χ1) is 14.1. The molecule has 0 unspecified atom stereocenters. The van der Waals surface area contributed by atoms with Crippen molar-refractivity contribution >= 4 is 28.8 Å². The summed E-state index contributed by atoms with van der Waals surface area (Å²) in [7, 11) is 0. The van der Waals surface area contributed by atoms with Gasteiger partial charge in [-0.05, 0) is 37.8 Å². The summed E-state index contributed by atoms with van der Waals surface area (Å²) in [5.74, 6) is -0.440. The Bertz CT molecular complexity index is 991. The topological polar surface area (TPSA) is 96.2 Å². The molecular formula is C22H24N4O3. The molecule has 1 saturated heterocycles. The molecule has 1 aromatic carbocycles. The molecule has 2 amide bonds. The first-order valence-electron chi connectivity index (χ1n) is 10.0. The summed E-state index contributed by atoms with van der Waals surface area (Å²) in [5.41, 5.74) is 1.67. The molecule has 1 aromatic heterocycles. The second-order valence-corrected chi connectivity index (χ2v) is 7.59. The fourth-order valence-electron chi connectivity index (χ4n) is 3.59. The number of para-hydroxylation sites is 1. The van der Waals surface area contributed by atoms with Gasteiger partial charge in [-0.25, -0.2) is 0 Å². The Labute approximate surface area is 169 Å². The molecule has 7 heteroatoms. The lowest BCUT2D eigenvalue weighted by Crippen LogP contribution is -2.32. The van der Waals surface area contributed by atoms with Crippen LogP contribution in [0.4, 0.5) is 0 Å². The molecule has 1 aliphatic carbocycles. The molecule has 0 radical (unpaired) electrons. The van der Waals surface area contributed by atoms with Crippen molar-refractivity contribution in [1.82, 2.24) is 15.2 Å². The van der Waals surface area contributed by atoms with E-state index in [0.29, 0.717) is 12.6 Å². The van der Waals surface area contributed by atoms with Crippen LogP contribution in [0.25, 0.3) is 17.0 Å². The molecule has 1 atom stereocenters. The summed E-state index contributed by atoms with van der Waals surface area (Å²) < 4.78 is 7.37. The number of benzene rings is 1. The summed E-state index contributed by atoms with van der Waals surface area (Å²) in [5, 5.41) is 16.2. The average Bonchev–Trinajstić information content (AvgIpc) is 3.25. The molecule has 2 aliphatic rings. The van der Waals surface area contributed by atoms with Crippen molar-refractivity contribution in [3.05, 3.63) is 41.6 Å². The fourth-order valence-corrected chi connectivity index (χ4v) is 3.59. The van der Waals surface area contributed by atoms with Crippen LogP contribution in [0.3, 0.4) is 0 Å². The SMILES string of the molecule is N#C/C(=C\c1cn(CC(=O)NC2CC2)c2ccccc12)C(=O)NC[C@H]1CCCO1. The van der Waals surface area contributed by atoms with E-state index >= 15 is 0 Å². The highest BCUT2D eigenvalue weighted by atomic mass is 16.5. The third kappa shape index (κ3) is 4.66. The first kappa shape index (κ1) is 19.2. The van der Waals surface area contributed by atoms with Gasteiger partial charge >= 0.3 is 0 Å². The zero-order chi connectivity index (χ0) is 20.2. The number of amides is 2. The van der Waals surface area contributed by atoms with Gasteiger partial charge in [0.05, 0.1) is 6.10 Å². The summed E-state index contributed by atoms with van der Waals surface area (Å²) in [6.07, 6.45) is 7.42. The zero-order valence-corrected chi connectivity index (χ0v) is 16.2. The summed E-state index contributed by atoms with van der Waals surface area (Å²) in [6.45, 7) is 1.33. The molecule has 0 spiro atoms. The molecule has 150 valence electrons. The van der Waals surface area contributed by atoms with E-state index < -0.39 is 5.91 Å². The molecule has 2 aromatic rings. The number of ether oxygens (including phenoxy) is 1. The standard InChI is InChI=1S/C22H24N4O3/c23-11-15(22(28)24-12-18-4-3-9-29-18)10-16-13-26(14-21(27)25-17-7-8-17)20-6-2-1-5-19(16)20/h1-2,5-6,10,13,17-18H,3-4,7-9,12,14H2,(H,24,28)(H,25,27)/b15-10+/t18-/m1/s1. The van der Waals surface area contributed by atoms with Crippen LogP contribution in [0.5, 0.6) is 0 Å². The van der Waals surface area contributed by atoms with E-state index in [1.165, 1.54) is 0 Å². The Morgan fingerprint density at radius 3 is 2.83 bits per heavy atom. The maximum absolute atomic E-state index is 12.5. The molecular weight excluding hydrogens is 368 g/mol. The van der Waals surface area contributed by atoms with Crippen LogP contribution < -0.4 is 10.6 Å². The van der Waals surface area contributed by atoms with Gasteiger partial charge in [-0.15, -0.1) is 0 Å². The number of hydrogen-bond donors (Lipinski definition) is 2. The normalized spacial score (nSPS) is 19.1. The lowest BCUT2D eigenvalue weighted by molar-refractivity contribution is -0.121. The minimum atomic E-state index is -0.411. The van der Waals surface area contributed by atoms with E-state index in [4.69, 9.17) is 4.74 Å². The average molecular weight is 392 g/mol. The Kier molecular flexibility index (Phi) is 5.63. The molecule has 1 saturated carbocycles. The van der Waals surface area contributed by atoms with Crippen LogP contribution in [0.15, 0.2) is 36.0 Å². The van der Waals surface area contributed by atoms with Crippen LogP contribution in [0.2, 0.25) is 0 Å². The predicted molar refractivity (Wildman–Crippen MR) is 109 cm³/mol. The molecule has 2 N–H and O–H groups in total. The summed E-state index contributed by atoms with van der Waals surface area (Å²) in [4.78, 5) is 24.7. The second-order valence-electron chi connectivity index (χ2n) is 7.59. The van der Waals surface area contributed by atoms with E-state index in [1.807, 2.05) is 41.1 Å². The largest absolute Gasteiger partial charge is 0.376 e. The molecule has 7 nitrogen and oxygen atoms in total. The number of carbonyl (C=O) groups is 2. The van der Waals surface area contributed by atoms with E-state index in [-0.39, 0.29) is 24.1 Å². The van der Waals surface area contributed by atoms with Crippen LogP contribution in [0, 0.1) is 11.3 Å². The van der Waals surface area contributed by atoms with Gasteiger partial charge in [0.25, 0.3) is 5.91 Å². The second kappa shape index (κ2) is 8.50. The van der Waals surface area contributed by atoms with E-state index in [2.05, 4.69) is 10.6 Å². The first-order valence-corrected chi connectivity index (χ1v) is 10.0. The molecule has 2 fully saturated rings. The monoisotopic (exact) mass is 392 g/mol. The Morgan fingerprint density at radius 1 is 1.28 bits per heavy atom. The van der Waals surface area contributed by atoms with Crippen LogP contribution in [-0.2, 0) is 20.9 Å². The predicted octanol–water partition coefficient (Wildman–Crippen LogP) is 2.12. The van der Waals surface area contributed by atoms with Gasteiger partial charge in [0.2, 0.25) is 5.91 Å². The number of carbonyl (C=O) groups excluding carboxylic acids is 2. The Balaban J connectivity index is 1.54. The Morgan fingerprint density at radius 2 is 2.10 bits per heavy atom. The minimum Gasteiger partial charge on any atom is -0.376 e. The van der Waals surface area contributed by atoms with Gasteiger partial charge in [0.15, 0.2) is 0 Å². The number of nitrogens with zero attached hydrogens (tertiary/aromatic N) is 2. The van der Waals surface area contributed by atoms with Crippen molar-refractivity contribution in [1.29, 1.82) is 5.26 Å². The number of rotatable bonds is 7. The highest BCUT2D eigenvalue weighted by molar-refractivity contribution is 6.04. The minimum absolute atomic E-state index is 0.0192. The summed E-state index contributed by atoms with van der Waals surface area (Å²) >= 11 is 0. The number of hydrogen-bond acceptors (Lipinski definition) is 4. The van der Waals surface area contributed by atoms with E-state index in [1.54, 1.807) is 6.08 Å². The third-order valence-corrected chi connectivity index (χ3v) is 5.26. The lowest BCUT2D eigenvalue weighted by atomic mass is 10.1. The van der Waals surface area contributed by atoms with Crippen molar-refractivity contribution in [2.24, 2.45) is 0 Å². The molecule has 2 heterocycles. The number of aromatic nitrogens is 1. The van der Waals surface area contributed by atoms with Crippen molar-refractivity contribution in [3.63, 3.8) is 0 Å². The maximum Gasteiger partial charge on any atom is 0.262 e. The van der Waals surface area contributed by atoms with Crippen molar-refractivity contribution < 1.29 is 14.3 Å². The molecule has 0 bridgehead atoms. The van der Waals surface area contributed by atoms with Crippen LogP contribution in [0.1, 0.15) is 31.2 Å². The van der Waals surface area contributed by atoms with Gasteiger partial charge < -0.3 is 19.9 Å². The van der Waals surface area contributed by atoms with Crippen LogP contribution in [-0.4, -0.2) is 41.7 Å². The van der Waals surface area contributed by atoms with Gasteiger partial charge in [0.1, 0.15) is 18.2 Å². The van der Waals surface area contributed by atoms with Crippen LogP contribution >= 0.6 is 0 Å². The van der Waals surface area contributed by atoms with E-state index in [0.717, 1.165) is 48.8 Å². The Hall–Kier alpha value is -3.11. The van der Waals surface area contributed by atoms with Crippen molar-refractivity contribution in [3.8, 4) is 6.07 Å². The highest BCUT2D eigenvalue weighted by Crippen LogP contribution is 2.24. The highest BCUT2D eigenvalue weighted by Gasteiger charge is 2.23. The zero-order valence-electron chi connectivity index (χ0n) is 16.2. The molecule has 4 rings (SSSR count). The van der Waals surface area contributed by atoms with Gasteiger partial charge in [0, 0.05) is 41.9 Å². The third-order valence-electron chi connectivity index (χ3n) is 5.26. The number of fused-ring (bicyclic) bond motifs is 1. The smallest absolute Gasteiger partial charge is 0.262 e. The van der Waals surface area contributed by atoms with Gasteiger partial charge in [-0.1, -0.05) is 18.2 Å². The molecule has 1 aliphatic heterocycles. The van der Waals surface area contributed by atoms with Crippen molar-refractivity contribution in [2.75, 3.05) is 13.2 Å². The quantitative estimate of drug-likeness (QED) is 0.557.